The fraction of sp³-hybridized carbons (Fsp3) is 0.0833. The van der Waals surface area contributed by atoms with Crippen molar-refractivity contribution in [3.63, 3.8) is 0 Å². The summed E-state index contributed by atoms with van der Waals surface area (Å²) < 4.78 is 0. The van der Waals surface area contributed by atoms with Crippen molar-refractivity contribution in [3.8, 4) is 11.3 Å². The van der Waals surface area contributed by atoms with Gasteiger partial charge in [-0.15, -0.1) is 0 Å². The van der Waals surface area contributed by atoms with E-state index in [1.165, 1.54) is 5.56 Å². The zero-order chi connectivity index (χ0) is 9.97. The van der Waals surface area contributed by atoms with Crippen molar-refractivity contribution in [1.82, 2.24) is 4.98 Å². The Morgan fingerprint density at radius 2 is 1.79 bits per heavy atom. The molecule has 2 rings (SSSR count). The molecule has 0 amide bonds. The van der Waals surface area contributed by atoms with Gasteiger partial charge in [0.1, 0.15) is 0 Å². The first-order valence-corrected chi connectivity index (χ1v) is 4.82. The van der Waals surface area contributed by atoms with E-state index in [-0.39, 0.29) is 0 Å². The predicted molar refractivity (Wildman–Crippen MR) is 59.4 cm³/mol. The second kappa shape index (κ2) is 3.81. The summed E-state index contributed by atoms with van der Waals surface area (Å²) in [5.74, 6) is 0. The molecule has 1 aromatic heterocycles. The number of hydrogen-bond donors (Lipinski definition) is 0. The Morgan fingerprint density at radius 1 is 1.07 bits per heavy atom. The monoisotopic (exact) mass is 203 g/mol. The zero-order valence-electron chi connectivity index (χ0n) is 7.87. The van der Waals surface area contributed by atoms with Gasteiger partial charge in [0.2, 0.25) is 0 Å². The van der Waals surface area contributed by atoms with E-state index < -0.39 is 0 Å². The fourth-order valence-electron chi connectivity index (χ4n) is 1.31. The number of aryl methyl sites for hydroxylation is 1. The molecule has 0 aliphatic carbocycles. The second-order valence-corrected chi connectivity index (χ2v) is 3.66. The molecule has 2 heteroatoms. The maximum Gasteiger partial charge on any atom is 0.0704 e. The summed E-state index contributed by atoms with van der Waals surface area (Å²) in [6, 6.07) is 11.7. The largest absolute Gasteiger partial charge is 0.256 e. The van der Waals surface area contributed by atoms with Gasteiger partial charge in [0, 0.05) is 16.8 Å². The summed E-state index contributed by atoms with van der Waals surface area (Å²) >= 11 is 5.81. The summed E-state index contributed by atoms with van der Waals surface area (Å²) in [5.41, 5.74) is 3.30. The molecular formula is C12H10ClN. The topological polar surface area (TPSA) is 12.9 Å². The van der Waals surface area contributed by atoms with E-state index in [0.29, 0.717) is 0 Å². The van der Waals surface area contributed by atoms with Gasteiger partial charge in [-0.3, -0.25) is 4.98 Å². The third-order valence-corrected chi connectivity index (χ3v) is 2.31. The van der Waals surface area contributed by atoms with Gasteiger partial charge in [-0.2, -0.15) is 0 Å². The Kier molecular flexibility index (Phi) is 2.51. The van der Waals surface area contributed by atoms with Crippen LogP contribution in [0.15, 0.2) is 42.6 Å². The van der Waals surface area contributed by atoms with Gasteiger partial charge < -0.3 is 0 Å². The molecule has 0 aliphatic heterocycles. The highest BCUT2D eigenvalue weighted by molar-refractivity contribution is 6.30. The van der Waals surface area contributed by atoms with Crippen LogP contribution in [-0.2, 0) is 0 Å². The first-order chi connectivity index (χ1) is 6.75. The molecular weight excluding hydrogens is 194 g/mol. The molecule has 0 fully saturated rings. The van der Waals surface area contributed by atoms with Crippen LogP contribution < -0.4 is 0 Å². The summed E-state index contributed by atoms with van der Waals surface area (Å²) in [7, 11) is 0. The minimum absolute atomic E-state index is 0.751. The third-order valence-electron chi connectivity index (χ3n) is 2.06. The molecule has 2 aromatic rings. The lowest BCUT2D eigenvalue weighted by Gasteiger charge is -2.01. The minimum Gasteiger partial charge on any atom is -0.256 e. The van der Waals surface area contributed by atoms with Gasteiger partial charge in [0.25, 0.3) is 0 Å². The van der Waals surface area contributed by atoms with Gasteiger partial charge in [-0.25, -0.2) is 0 Å². The molecule has 0 atom stereocenters. The molecule has 1 nitrogen and oxygen atoms in total. The smallest absolute Gasteiger partial charge is 0.0704 e. The fourth-order valence-corrected chi connectivity index (χ4v) is 1.44. The molecule has 0 spiro atoms. The molecule has 0 N–H and O–H groups in total. The van der Waals surface area contributed by atoms with Crippen LogP contribution in [0.1, 0.15) is 5.56 Å². The Morgan fingerprint density at radius 3 is 2.43 bits per heavy atom. The van der Waals surface area contributed by atoms with Crippen LogP contribution in [-0.4, -0.2) is 4.98 Å². The molecule has 70 valence electrons. The summed E-state index contributed by atoms with van der Waals surface area (Å²) in [4.78, 5) is 4.30. The highest BCUT2D eigenvalue weighted by atomic mass is 35.5. The van der Waals surface area contributed by atoms with Gasteiger partial charge >= 0.3 is 0 Å². The average molecular weight is 204 g/mol. The number of rotatable bonds is 1. The third kappa shape index (κ3) is 1.94. The Balaban J connectivity index is 2.44. The van der Waals surface area contributed by atoms with Gasteiger partial charge in [-0.05, 0) is 36.8 Å². The lowest BCUT2D eigenvalue weighted by Crippen LogP contribution is -1.83. The molecule has 0 aliphatic rings. The molecule has 14 heavy (non-hydrogen) atoms. The minimum atomic E-state index is 0.751. The highest BCUT2D eigenvalue weighted by Crippen LogP contribution is 2.19. The van der Waals surface area contributed by atoms with Crippen LogP contribution in [0.5, 0.6) is 0 Å². The van der Waals surface area contributed by atoms with Crippen molar-refractivity contribution in [2.75, 3.05) is 0 Å². The second-order valence-electron chi connectivity index (χ2n) is 3.23. The van der Waals surface area contributed by atoms with Crippen LogP contribution in [0, 0.1) is 6.92 Å². The molecule has 1 heterocycles. The number of hydrogen-bond acceptors (Lipinski definition) is 1. The molecule has 0 unspecified atom stereocenters. The quantitative estimate of drug-likeness (QED) is 0.689. The van der Waals surface area contributed by atoms with Crippen LogP contribution in [0.25, 0.3) is 11.3 Å². The number of benzene rings is 1. The van der Waals surface area contributed by atoms with Crippen LogP contribution in [0.4, 0.5) is 0 Å². The standard InChI is InChI=1S/C12H10ClN/c1-9-6-7-14-12(8-9)10-2-4-11(13)5-3-10/h2-8H,1H3. The van der Waals surface area contributed by atoms with E-state index in [1.54, 1.807) is 0 Å². The van der Waals surface area contributed by atoms with E-state index in [4.69, 9.17) is 11.6 Å². The predicted octanol–water partition coefficient (Wildman–Crippen LogP) is 3.71. The average Bonchev–Trinajstić information content (AvgIpc) is 2.19. The normalized spacial score (nSPS) is 10.1. The van der Waals surface area contributed by atoms with Crippen molar-refractivity contribution in [3.05, 3.63) is 53.2 Å². The van der Waals surface area contributed by atoms with Crippen molar-refractivity contribution in [2.24, 2.45) is 0 Å². The van der Waals surface area contributed by atoms with Crippen LogP contribution in [0.3, 0.4) is 0 Å². The first kappa shape index (κ1) is 9.22. The number of pyridine rings is 1. The SMILES string of the molecule is Cc1ccnc(-c2ccc(Cl)cc2)c1. The summed E-state index contributed by atoms with van der Waals surface area (Å²) in [6.45, 7) is 2.06. The van der Waals surface area contributed by atoms with E-state index in [1.807, 2.05) is 36.5 Å². The highest BCUT2D eigenvalue weighted by Gasteiger charge is 1.98. The lowest BCUT2D eigenvalue weighted by molar-refractivity contribution is 1.29. The van der Waals surface area contributed by atoms with Crippen molar-refractivity contribution in [2.45, 2.75) is 6.92 Å². The molecule has 0 saturated carbocycles. The van der Waals surface area contributed by atoms with E-state index >= 15 is 0 Å². The first-order valence-electron chi connectivity index (χ1n) is 4.44. The number of aromatic nitrogens is 1. The molecule has 0 radical (unpaired) electrons. The van der Waals surface area contributed by atoms with Gasteiger partial charge in [-0.1, -0.05) is 23.7 Å². The van der Waals surface area contributed by atoms with Crippen LogP contribution in [0.2, 0.25) is 5.02 Å². The lowest BCUT2D eigenvalue weighted by atomic mass is 10.1. The van der Waals surface area contributed by atoms with E-state index in [2.05, 4.69) is 18.0 Å². The summed E-state index contributed by atoms with van der Waals surface area (Å²) in [5, 5.41) is 0.751. The van der Waals surface area contributed by atoms with Crippen molar-refractivity contribution >= 4 is 11.6 Å². The Labute approximate surface area is 88.4 Å². The molecule has 1 aromatic carbocycles. The van der Waals surface area contributed by atoms with Gasteiger partial charge in [0.05, 0.1) is 5.69 Å². The zero-order valence-corrected chi connectivity index (χ0v) is 8.62. The maximum atomic E-state index is 5.81. The van der Waals surface area contributed by atoms with Crippen molar-refractivity contribution < 1.29 is 0 Å². The molecule has 0 bridgehead atoms. The Hall–Kier alpha value is -1.34. The summed E-state index contributed by atoms with van der Waals surface area (Å²) in [6.07, 6.45) is 1.82. The van der Waals surface area contributed by atoms with Gasteiger partial charge in [0.15, 0.2) is 0 Å². The van der Waals surface area contributed by atoms with Crippen LogP contribution >= 0.6 is 11.6 Å². The number of halogens is 1. The maximum absolute atomic E-state index is 5.81. The van der Waals surface area contributed by atoms with E-state index in [0.717, 1.165) is 16.3 Å². The number of nitrogens with zero attached hydrogens (tertiary/aromatic N) is 1. The van der Waals surface area contributed by atoms with Crippen molar-refractivity contribution in [1.29, 1.82) is 0 Å². The van der Waals surface area contributed by atoms with E-state index in [9.17, 15) is 0 Å². The molecule has 0 saturated heterocycles. The Bertz CT molecular complexity index is 434.